The highest BCUT2D eigenvalue weighted by molar-refractivity contribution is 5.88. The molecule has 0 radical (unpaired) electrons. The molecule has 7 heteroatoms. The highest BCUT2D eigenvalue weighted by atomic mass is 19.4. The number of alkyl halides is 3. The molecule has 1 aromatic rings. The van der Waals surface area contributed by atoms with Crippen molar-refractivity contribution in [2.75, 3.05) is 31.2 Å². The number of fused-ring (bicyclic) bond motifs is 1. The fourth-order valence-corrected chi connectivity index (χ4v) is 2.38. The van der Waals surface area contributed by atoms with Crippen molar-refractivity contribution in [2.45, 2.75) is 19.0 Å². The van der Waals surface area contributed by atoms with Crippen LogP contribution in [-0.2, 0) is 11.2 Å². The van der Waals surface area contributed by atoms with Crippen molar-refractivity contribution < 1.29 is 27.8 Å². The molecule has 21 heavy (non-hydrogen) atoms. The van der Waals surface area contributed by atoms with E-state index in [9.17, 15) is 18.0 Å². The molecule has 0 unspecified atom stereocenters. The molecule has 2 rings (SSSR count). The van der Waals surface area contributed by atoms with Crippen LogP contribution in [0.25, 0.3) is 0 Å². The van der Waals surface area contributed by atoms with Gasteiger partial charge in [0.15, 0.2) is 0 Å². The highest BCUT2D eigenvalue weighted by Gasteiger charge is 2.27. The van der Waals surface area contributed by atoms with Gasteiger partial charge in [0.25, 0.3) is 0 Å². The summed E-state index contributed by atoms with van der Waals surface area (Å²) in [5.74, 6) is -0.961. The second-order valence-corrected chi connectivity index (χ2v) is 4.91. The Hall–Kier alpha value is -1.76. The van der Waals surface area contributed by atoms with E-state index in [2.05, 4.69) is 4.74 Å². The van der Waals surface area contributed by atoms with Gasteiger partial charge in [0.05, 0.1) is 5.56 Å². The van der Waals surface area contributed by atoms with Crippen molar-refractivity contribution in [3.8, 4) is 0 Å². The number of anilines is 1. The van der Waals surface area contributed by atoms with Gasteiger partial charge in [-0.15, -0.1) is 0 Å². The average molecular weight is 303 g/mol. The lowest BCUT2D eigenvalue weighted by molar-refractivity contribution is -0.173. The number of hydrogen-bond donors (Lipinski definition) is 1. The first-order chi connectivity index (χ1) is 9.87. The topological polar surface area (TPSA) is 49.8 Å². The zero-order chi connectivity index (χ0) is 15.5. The van der Waals surface area contributed by atoms with Crippen LogP contribution in [0.2, 0.25) is 0 Å². The predicted molar refractivity (Wildman–Crippen MR) is 70.8 cm³/mol. The first kappa shape index (κ1) is 15.6. The van der Waals surface area contributed by atoms with Gasteiger partial charge in [-0.2, -0.15) is 13.2 Å². The van der Waals surface area contributed by atoms with Crippen LogP contribution in [0.5, 0.6) is 0 Å². The van der Waals surface area contributed by atoms with Crippen LogP contribution >= 0.6 is 0 Å². The smallest absolute Gasteiger partial charge is 0.411 e. The minimum absolute atomic E-state index is 0.0541. The van der Waals surface area contributed by atoms with E-state index in [0.29, 0.717) is 13.0 Å². The Morgan fingerprint density at radius 3 is 2.81 bits per heavy atom. The third-order valence-corrected chi connectivity index (χ3v) is 3.30. The molecule has 0 spiro atoms. The van der Waals surface area contributed by atoms with Gasteiger partial charge in [-0.05, 0) is 36.6 Å². The molecule has 0 amide bonds. The number of ether oxygens (including phenoxy) is 1. The van der Waals surface area contributed by atoms with Crippen LogP contribution in [0.4, 0.5) is 18.9 Å². The number of benzene rings is 1. The van der Waals surface area contributed by atoms with Crippen molar-refractivity contribution in [1.29, 1.82) is 0 Å². The van der Waals surface area contributed by atoms with Crippen LogP contribution < -0.4 is 4.90 Å². The Balaban J connectivity index is 1.82. The second kappa shape index (κ2) is 6.34. The lowest BCUT2D eigenvalue weighted by atomic mass is 10.1. The van der Waals surface area contributed by atoms with E-state index in [4.69, 9.17) is 5.11 Å². The highest BCUT2D eigenvalue weighted by Crippen LogP contribution is 2.28. The number of hydrogen-bond acceptors (Lipinski definition) is 3. The van der Waals surface area contributed by atoms with E-state index < -0.39 is 18.8 Å². The van der Waals surface area contributed by atoms with E-state index in [1.165, 1.54) is 0 Å². The zero-order valence-electron chi connectivity index (χ0n) is 11.3. The molecule has 0 saturated carbocycles. The maximum atomic E-state index is 11.9. The van der Waals surface area contributed by atoms with Crippen LogP contribution in [0.15, 0.2) is 18.2 Å². The third-order valence-electron chi connectivity index (χ3n) is 3.30. The van der Waals surface area contributed by atoms with Crippen LogP contribution in [-0.4, -0.2) is 43.6 Å². The molecule has 0 fully saturated rings. The standard InChI is InChI=1S/C14H16F3NO3/c15-14(16,17)9-21-7-1-5-18-6-4-10-8-11(13(19)20)2-3-12(10)18/h2-3,8H,1,4-7,9H2,(H,19,20). The SMILES string of the molecule is O=C(O)c1ccc2c(c1)CCN2CCCOCC(F)(F)F. The van der Waals surface area contributed by atoms with E-state index in [1.807, 2.05) is 4.90 Å². The Bertz CT molecular complexity index is 517. The monoisotopic (exact) mass is 303 g/mol. The molecule has 4 nitrogen and oxygen atoms in total. The van der Waals surface area contributed by atoms with E-state index in [0.717, 1.165) is 24.2 Å². The quantitative estimate of drug-likeness (QED) is 0.821. The van der Waals surface area contributed by atoms with Gasteiger partial charge >= 0.3 is 12.1 Å². The van der Waals surface area contributed by atoms with Crippen molar-refractivity contribution in [3.63, 3.8) is 0 Å². The van der Waals surface area contributed by atoms with E-state index >= 15 is 0 Å². The summed E-state index contributed by atoms with van der Waals surface area (Å²) < 4.78 is 40.3. The van der Waals surface area contributed by atoms with Gasteiger partial charge < -0.3 is 14.7 Å². The maximum absolute atomic E-state index is 11.9. The largest absolute Gasteiger partial charge is 0.478 e. The van der Waals surface area contributed by atoms with Crippen LogP contribution in [0.3, 0.4) is 0 Å². The molecule has 0 aliphatic carbocycles. The number of aromatic carboxylic acids is 1. The van der Waals surface area contributed by atoms with Crippen LogP contribution in [0.1, 0.15) is 22.3 Å². The summed E-state index contributed by atoms with van der Waals surface area (Å²) in [7, 11) is 0. The zero-order valence-corrected chi connectivity index (χ0v) is 11.3. The summed E-state index contributed by atoms with van der Waals surface area (Å²) in [4.78, 5) is 12.9. The van der Waals surface area contributed by atoms with Gasteiger partial charge in [0.2, 0.25) is 0 Å². The summed E-state index contributed by atoms with van der Waals surface area (Å²) in [6, 6.07) is 4.94. The molecule has 1 aliphatic rings. The maximum Gasteiger partial charge on any atom is 0.411 e. The van der Waals surface area contributed by atoms with Gasteiger partial charge in [0, 0.05) is 25.4 Å². The summed E-state index contributed by atoms with van der Waals surface area (Å²) in [5, 5.41) is 8.93. The Morgan fingerprint density at radius 2 is 2.14 bits per heavy atom. The minimum atomic E-state index is -4.28. The average Bonchev–Trinajstić information content (AvgIpc) is 2.79. The normalized spacial score (nSPS) is 14.3. The molecule has 1 aliphatic heterocycles. The fraction of sp³-hybridized carbons (Fsp3) is 0.500. The summed E-state index contributed by atoms with van der Waals surface area (Å²) in [5.41, 5.74) is 2.17. The van der Waals surface area contributed by atoms with Gasteiger partial charge in [0.1, 0.15) is 6.61 Å². The Kier molecular flexibility index (Phi) is 4.72. The molecule has 1 heterocycles. The molecular weight excluding hydrogens is 287 g/mol. The van der Waals surface area contributed by atoms with Crippen molar-refractivity contribution in [2.24, 2.45) is 0 Å². The van der Waals surface area contributed by atoms with E-state index in [1.54, 1.807) is 18.2 Å². The van der Waals surface area contributed by atoms with Crippen molar-refractivity contribution in [1.82, 2.24) is 0 Å². The predicted octanol–water partition coefficient (Wildman–Crippen LogP) is 2.72. The molecule has 0 saturated heterocycles. The lowest BCUT2D eigenvalue weighted by Crippen LogP contribution is -2.24. The Morgan fingerprint density at radius 1 is 1.38 bits per heavy atom. The van der Waals surface area contributed by atoms with Crippen LogP contribution in [0, 0.1) is 0 Å². The number of carboxylic acids is 1. The van der Waals surface area contributed by atoms with E-state index in [-0.39, 0.29) is 12.2 Å². The van der Waals surface area contributed by atoms with Gasteiger partial charge in [-0.1, -0.05) is 0 Å². The molecule has 1 aromatic carbocycles. The van der Waals surface area contributed by atoms with Gasteiger partial charge in [-0.3, -0.25) is 0 Å². The summed E-state index contributed by atoms with van der Waals surface area (Å²) >= 11 is 0. The molecule has 0 bridgehead atoms. The number of carbonyl (C=O) groups is 1. The first-order valence-electron chi connectivity index (χ1n) is 6.62. The van der Waals surface area contributed by atoms with Gasteiger partial charge in [-0.25, -0.2) is 4.79 Å². The molecule has 0 atom stereocenters. The summed E-state index contributed by atoms with van der Waals surface area (Å²) in [6.45, 7) is 0.180. The number of rotatable bonds is 6. The molecular formula is C14H16F3NO3. The minimum Gasteiger partial charge on any atom is -0.478 e. The third kappa shape index (κ3) is 4.35. The Labute approximate surface area is 120 Å². The fourth-order valence-electron chi connectivity index (χ4n) is 2.38. The molecule has 116 valence electrons. The number of halogens is 3. The second-order valence-electron chi connectivity index (χ2n) is 4.91. The molecule has 0 aromatic heterocycles. The van der Waals surface area contributed by atoms with Crippen molar-refractivity contribution >= 4 is 11.7 Å². The summed E-state index contributed by atoms with van der Waals surface area (Å²) in [6.07, 6.45) is -3.04. The first-order valence-corrected chi connectivity index (χ1v) is 6.62. The van der Waals surface area contributed by atoms with Crippen molar-refractivity contribution in [3.05, 3.63) is 29.3 Å². The number of nitrogens with zero attached hydrogens (tertiary/aromatic N) is 1. The molecule has 1 N–H and O–H groups in total. The number of carboxylic acid groups (broad SMARTS) is 1. The lowest BCUT2D eigenvalue weighted by Gasteiger charge is -2.19.